The molecule has 0 spiro atoms. The molecule has 1 saturated heterocycles. The molecule has 0 radical (unpaired) electrons. The Morgan fingerprint density at radius 3 is 1.56 bits per heavy atom. The molecule has 1 nitrogen and oxygen atoms in total. The van der Waals surface area contributed by atoms with E-state index in [-0.39, 0.29) is 0 Å². The Kier molecular flexibility index (Phi) is 7.92. The molecular weight excluding hydrogens is 110 g/mol. The van der Waals surface area contributed by atoms with E-state index in [1.165, 1.54) is 38.8 Å². The fourth-order valence-electron chi connectivity index (χ4n) is 0.802. The van der Waals surface area contributed by atoms with Gasteiger partial charge in [0.15, 0.2) is 0 Å². The summed E-state index contributed by atoms with van der Waals surface area (Å²) >= 11 is 0. The molecule has 1 N–H and O–H groups in total. The van der Waals surface area contributed by atoms with Gasteiger partial charge < -0.3 is 5.32 Å². The molecule has 0 aliphatic carbocycles. The molecular formula is C8H19N. The van der Waals surface area contributed by atoms with Crippen LogP contribution < -0.4 is 5.32 Å². The smallest absolute Gasteiger partial charge is 0.00489 e. The topological polar surface area (TPSA) is 12.0 Å². The molecule has 0 saturated carbocycles. The second-order valence-corrected chi connectivity index (χ2v) is 2.52. The molecule has 1 fully saturated rings. The SMILES string of the molecule is C1CCNCC1.CCC. The molecule has 0 aromatic heterocycles. The standard InChI is InChI=1S/C5H11N.C3H8/c1-2-4-6-5-3-1;1-3-2/h6H,1-5H2;3H2,1-2H3. The minimum absolute atomic E-state index is 1.25. The summed E-state index contributed by atoms with van der Waals surface area (Å²) in [6.07, 6.45) is 5.47. The van der Waals surface area contributed by atoms with E-state index in [0.717, 1.165) is 0 Å². The summed E-state index contributed by atoms with van der Waals surface area (Å²) in [6, 6.07) is 0. The van der Waals surface area contributed by atoms with Crippen molar-refractivity contribution in [2.45, 2.75) is 39.5 Å². The summed E-state index contributed by atoms with van der Waals surface area (Å²) in [5.41, 5.74) is 0. The van der Waals surface area contributed by atoms with Crippen molar-refractivity contribution in [2.75, 3.05) is 13.1 Å². The molecule has 9 heavy (non-hydrogen) atoms. The van der Waals surface area contributed by atoms with Crippen molar-refractivity contribution in [1.29, 1.82) is 0 Å². The van der Waals surface area contributed by atoms with Gasteiger partial charge in [-0.3, -0.25) is 0 Å². The average molecular weight is 129 g/mol. The normalized spacial score (nSPS) is 18.0. The van der Waals surface area contributed by atoms with E-state index in [2.05, 4.69) is 19.2 Å². The molecule has 0 bridgehead atoms. The third kappa shape index (κ3) is 7.96. The van der Waals surface area contributed by atoms with Crippen LogP contribution in [0.1, 0.15) is 39.5 Å². The quantitative estimate of drug-likeness (QED) is 0.528. The summed E-state index contributed by atoms with van der Waals surface area (Å²) in [5, 5.41) is 3.28. The van der Waals surface area contributed by atoms with Crippen molar-refractivity contribution >= 4 is 0 Å². The van der Waals surface area contributed by atoms with Crippen LogP contribution in [0.25, 0.3) is 0 Å². The zero-order valence-corrected chi connectivity index (χ0v) is 6.74. The van der Waals surface area contributed by atoms with Gasteiger partial charge in [0.2, 0.25) is 0 Å². The highest BCUT2D eigenvalue weighted by atomic mass is 14.9. The fourth-order valence-corrected chi connectivity index (χ4v) is 0.802. The first-order valence-corrected chi connectivity index (χ1v) is 4.12. The van der Waals surface area contributed by atoms with Crippen LogP contribution in [0.4, 0.5) is 0 Å². The number of nitrogens with one attached hydrogen (secondary N) is 1. The number of hydrogen-bond donors (Lipinski definition) is 1. The van der Waals surface area contributed by atoms with E-state index < -0.39 is 0 Å². The number of rotatable bonds is 0. The Morgan fingerprint density at radius 2 is 1.44 bits per heavy atom. The molecule has 0 unspecified atom stereocenters. The fraction of sp³-hybridized carbons (Fsp3) is 1.00. The van der Waals surface area contributed by atoms with E-state index in [4.69, 9.17) is 0 Å². The Labute approximate surface area is 58.8 Å². The van der Waals surface area contributed by atoms with Gasteiger partial charge in [-0.05, 0) is 25.9 Å². The maximum absolute atomic E-state index is 3.28. The highest BCUT2D eigenvalue weighted by Crippen LogP contribution is 1.96. The lowest BCUT2D eigenvalue weighted by atomic mass is 10.2. The molecule has 56 valence electrons. The largest absolute Gasteiger partial charge is 0.317 e. The summed E-state index contributed by atoms with van der Waals surface area (Å²) in [6.45, 7) is 6.75. The zero-order valence-electron chi connectivity index (χ0n) is 6.74. The van der Waals surface area contributed by atoms with Gasteiger partial charge in [-0.25, -0.2) is 0 Å². The minimum Gasteiger partial charge on any atom is -0.317 e. The Morgan fingerprint density at radius 1 is 1.00 bits per heavy atom. The maximum atomic E-state index is 3.28. The maximum Gasteiger partial charge on any atom is -0.00489 e. The second kappa shape index (κ2) is 7.96. The van der Waals surface area contributed by atoms with E-state index in [0.29, 0.717) is 0 Å². The van der Waals surface area contributed by atoms with Crippen LogP contribution in [0.5, 0.6) is 0 Å². The van der Waals surface area contributed by atoms with E-state index in [1.807, 2.05) is 0 Å². The second-order valence-electron chi connectivity index (χ2n) is 2.52. The Balaban J connectivity index is 0.000000187. The van der Waals surface area contributed by atoms with Gasteiger partial charge in [-0.2, -0.15) is 0 Å². The van der Waals surface area contributed by atoms with Crippen LogP contribution in [0.3, 0.4) is 0 Å². The van der Waals surface area contributed by atoms with E-state index >= 15 is 0 Å². The van der Waals surface area contributed by atoms with Gasteiger partial charge in [0.25, 0.3) is 0 Å². The number of piperidine rings is 1. The van der Waals surface area contributed by atoms with Gasteiger partial charge in [0.1, 0.15) is 0 Å². The van der Waals surface area contributed by atoms with Gasteiger partial charge in [-0.15, -0.1) is 0 Å². The Bertz CT molecular complexity index is 28.3. The van der Waals surface area contributed by atoms with Crippen molar-refractivity contribution in [3.63, 3.8) is 0 Å². The van der Waals surface area contributed by atoms with E-state index in [9.17, 15) is 0 Å². The van der Waals surface area contributed by atoms with Crippen molar-refractivity contribution in [1.82, 2.24) is 5.32 Å². The molecule has 1 heterocycles. The lowest BCUT2D eigenvalue weighted by Crippen LogP contribution is -2.21. The predicted octanol–water partition coefficient (Wildman–Crippen LogP) is 2.18. The molecule has 1 aliphatic rings. The summed E-state index contributed by atoms with van der Waals surface area (Å²) in [4.78, 5) is 0. The van der Waals surface area contributed by atoms with Gasteiger partial charge in [-0.1, -0.05) is 26.7 Å². The highest BCUT2D eigenvalue weighted by Gasteiger charge is 1.93. The van der Waals surface area contributed by atoms with Crippen LogP contribution >= 0.6 is 0 Å². The Hall–Kier alpha value is -0.0400. The summed E-state index contributed by atoms with van der Waals surface area (Å²) in [7, 11) is 0. The van der Waals surface area contributed by atoms with Crippen molar-refractivity contribution in [3.8, 4) is 0 Å². The van der Waals surface area contributed by atoms with Crippen molar-refractivity contribution < 1.29 is 0 Å². The molecule has 1 heteroatoms. The lowest BCUT2D eigenvalue weighted by molar-refractivity contribution is 0.520. The monoisotopic (exact) mass is 129 g/mol. The molecule has 0 aromatic carbocycles. The van der Waals surface area contributed by atoms with Crippen LogP contribution in [0.15, 0.2) is 0 Å². The summed E-state index contributed by atoms with van der Waals surface area (Å²) < 4.78 is 0. The highest BCUT2D eigenvalue weighted by molar-refractivity contribution is 4.55. The van der Waals surface area contributed by atoms with Crippen LogP contribution in [-0.2, 0) is 0 Å². The predicted molar refractivity (Wildman–Crippen MR) is 42.7 cm³/mol. The third-order valence-electron chi connectivity index (χ3n) is 1.21. The third-order valence-corrected chi connectivity index (χ3v) is 1.21. The molecule has 0 aromatic rings. The minimum atomic E-state index is 1.25. The van der Waals surface area contributed by atoms with Crippen LogP contribution in [0.2, 0.25) is 0 Å². The summed E-state index contributed by atoms with van der Waals surface area (Å²) in [5.74, 6) is 0. The van der Waals surface area contributed by atoms with Crippen molar-refractivity contribution in [2.24, 2.45) is 0 Å². The van der Waals surface area contributed by atoms with Crippen LogP contribution in [-0.4, -0.2) is 13.1 Å². The zero-order chi connectivity index (χ0) is 6.95. The molecule has 1 rings (SSSR count). The number of hydrogen-bond acceptors (Lipinski definition) is 1. The van der Waals surface area contributed by atoms with E-state index in [1.54, 1.807) is 0 Å². The molecule has 0 amide bonds. The van der Waals surface area contributed by atoms with Gasteiger partial charge in [0.05, 0.1) is 0 Å². The van der Waals surface area contributed by atoms with Gasteiger partial charge >= 0.3 is 0 Å². The molecule has 0 atom stereocenters. The first-order chi connectivity index (χ1) is 4.41. The first kappa shape index (κ1) is 8.96. The average Bonchev–Trinajstić information content (AvgIpc) is 1.93. The van der Waals surface area contributed by atoms with Crippen molar-refractivity contribution in [3.05, 3.63) is 0 Å². The first-order valence-electron chi connectivity index (χ1n) is 4.12. The van der Waals surface area contributed by atoms with Crippen LogP contribution in [0, 0.1) is 0 Å². The molecule has 1 aliphatic heterocycles. The van der Waals surface area contributed by atoms with Gasteiger partial charge in [0, 0.05) is 0 Å². The lowest BCUT2D eigenvalue weighted by Gasteiger charge is -2.08.